The summed E-state index contributed by atoms with van der Waals surface area (Å²) in [6.45, 7) is -0.600. The van der Waals surface area contributed by atoms with Gasteiger partial charge in [-0.25, -0.2) is 14.4 Å². The van der Waals surface area contributed by atoms with E-state index in [4.69, 9.17) is 4.74 Å². The number of benzene rings is 2. The zero-order valence-electron chi connectivity index (χ0n) is 16.2. The number of hydrogen-bond donors (Lipinski definition) is 2. The molecule has 3 aromatic rings. The molecule has 0 radical (unpaired) electrons. The number of ether oxygens (including phenoxy) is 3. The lowest BCUT2D eigenvalue weighted by Crippen LogP contribution is -2.22. The molecule has 30 heavy (non-hydrogen) atoms. The van der Waals surface area contributed by atoms with E-state index in [-0.39, 0.29) is 22.5 Å². The second kappa shape index (κ2) is 8.91. The van der Waals surface area contributed by atoms with E-state index in [0.717, 1.165) is 10.9 Å². The Morgan fingerprint density at radius 1 is 0.900 bits per heavy atom. The summed E-state index contributed by atoms with van der Waals surface area (Å²) >= 11 is 0. The molecule has 0 saturated heterocycles. The van der Waals surface area contributed by atoms with Crippen LogP contribution in [0.2, 0.25) is 0 Å². The van der Waals surface area contributed by atoms with E-state index >= 15 is 0 Å². The molecule has 0 fully saturated rings. The normalized spacial score (nSPS) is 10.3. The van der Waals surface area contributed by atoms with E-state index in [1.807, 2.05) is 24.3 Å². The molecule has 9 nitrogen and oxygen atoms in total. The molecular weight excluding hydrogens is 392 g/mol. The maximum atomic E-state index is 12.3. The number of carbonyl (C=O) groups excluding carboxylic acids is 4. The van der Waals surface area contributed by atoms with Gasteiger partial charge in [0.1, 0.15) is 5.69 Å². The lowest BCUT2D eigenvalue weighted by Gasteiger charge is -2.11. The number of aromatic nitrogens is 1. The molecule has 2 aromatic carbocycles. The van der Waals surface area contributed by atoms with Crippen LogP contribution in [0.15, 0.2) is 48.5 Å². The highest BCUT2D eigenvalue weighted by molar-refractivity contribution is 6.04. The van der Waals surface area contributed by atoms with Crippen molar-refractivity contribution >= 4 is 40.4 Å². The van der Waals surface area contributed by atoms with Gasteiger partial charge in [-0.15, -0.1) is 0 Å². The summed E-state index contributed by atoms with van der Waals surface area (Å²) in [5, 5.41) is 3.27. The molecule has 0 bridgehead atoms. The number of amides is 1. The Hall–Kier alpha value is -4.14. The van der Waals surface area contributed by atoms with Gasteiger partial charge in [0.15, 0.2) is 6.61 Å². The third-order valence-corrected chi connectivity index (χ3v) is 4.20. The molecule has 0 aliphatic rings. The molecule has 0 aliphatic heterocycles. The molecule has 2 N–H and O–H groups in total. The van der Waals surface area contributed by atoms with Crippen molar-refractivity contribution in [2.45, 2.75) is 0 Å². The predicted molar refractivity (Wildman–Crippen MR) is 106 cm³/mol. The summed E-state index contributed by atoms with van der Waals surface area (Å²) in [5.74, 6) is -2.77. The van der Waals surface area contributed by atoms with Crippen LogP contribution in [-0.4, -0.2) is 49.6 Å². The molecular formula is C21H18N2O7. The minimum Gasteiger partial charge on any atom is -0.465 e. The number of H-pyrrole nitrogens is 1. The molecule has 9 heteroatoms. The van der Waals surface area contributed by atoms with Crippen LogP contribution < -0.4 is 5.32 Å². The van der Waals surface area contributed by atoms with Crippen molar-refractivity contribution in [1.29, 1.82) is 0 Å². The number of rotatable bonds is 6. The van der Waals surface area contributed by atoms with Crippen molar-refractivity contribution in [3.8, 4) is 0 Å². The van der Waals surface area contributed by atoms with Crippen LogP contribution >= 0.6 is 0 Å². The van der Waals surface area contributed by atoms with E-state index < -0.39 is 30.4 Å². The first-order chi connectivity index (χ1) is 14.4. The Bertz CT molecular complexity index is 1100. The number of anilines is 1. The van der Waals surface area contributed by atoms with Crippen molar-refractivity contribution in [1.82, 2.24) is 4.98 Å². The van der Waals surface area contributed by atoms with Crippen molar-refractivity contribution < 1.29 is 33.4 Å². The first-order valence-corrected chi connectivity index (χ1v) is 8.78. The van der Waals surface area contributed by atoms with Crippen molar-refractivity contribution in [3.05, 3.63) is 65.4 Å². The molecule has 0 atom stereocenters. The summed E-state index contributed by atoms with van der Waals surface area (Å²) in [4.78, 5) is 51.0. The zero-order chi connectivity index (χ0) is 21.7. The summed E-state index contributed by atoms with van der Waals surface area (Å²) in [7, 11) is 2.39. The van der Waals surface area contributed by atoms with Crippen molar-refractivity contribution in [2.75, 3.05) is 26.1 Å². The molecule has 0 unspecified atom stereocenters. The highest BCUT2D eigenvalue weighted by atomic mass is 16.5. The molecule has 0 spiro atoms. The first-order valence-electron chi connectivity index (χ1n) is 8.78. The second-order valence-electron chi connectivity index (χ2n) is 6.14. The Kier molecular flexibility index (Phi) is 6.11. The number of nitrogens with one attached hydrogen (secondary N) is 2. The van der Waals surface area contributed by atoms with Crippen LogP contribution in [0.3, 0.4) is 0 Å². The van der Waals surface area contributed by atoms with Crippen molar-refractivity contribution in [2.24, 2.45) is 0 Å². The monoisotopic (exact) mass is 410 g/mol. The number of fused-ring (bicyclic) bond motifs is 1. The number of para-hydroxylation sites is 1. The van der Waals surface area contributed by atoms with Gasteiger partial charge in [0, 0.05) is 10.9 Å². The number of esters is 3. The van der Waals surface area contributed by atoms with Gasteiger partial charge >= 0.3 is 17.9 Å². The smallest absolute Gasteiger partial charge is 0.355 e. The fraction of sp³-hybridized carbons (Fsp3) is 0.143. The van der Waals surface area contributed by atoms with Crippen LogP contribution in [0.25, 0.3) is 10.9 Å². The highest BCUT2D eigenvalue weighted by Gasteiger charge is 2.19. The van der Waals surface area contributed by atoms with E-state index in [0.29, 0.717) is 0 Å². The minimum absolute atomic E-state index is 0.0245. The van der Waals surface area contributed by atoms with Crippen LogP contribution in [-0.2, 0) is 19.0 Å². The summed E-state index contributed by atoms with van der Waals surface area (Å²) < 4.78 is 14.3. The van der Waals surface area contributed by atoms with E-state index in [9.17, 15) is 19.2 Å². The lowest BCUT2D eigenvalue weighted by molar-refractivity contribution is -0.119. The number of methoxy groups -OCH3 is 2. The largest absolute Gasteiger partial charge is 0.465 e. The van der Waals surface area contributed by atoms with E-state index in [2.05, 4.69) is 19.8 Å². The Morgan fingerprint density at radius 2 is 1.63 bits per heavy atom. The van der Waals surface area contributed by atoms with Crippen LogP contribution in [0, 0.1) is 0 Å². The van der Waals surface area contributed by atoms with Gasteiger partial charge in [-0.05, 0) is 30.3 Å². The predicted octanol–water partition coefficient (Wildman–Crippen LogP) is 2.54. The third-order valence-electron chi connectivity index (χ3n) is 4.20. The fourth-order valence-electron chi connectivity index (χ4n) is 2.76. The van der Waals surface area contributed by atoms with Crippen LogP contribution in [0.1, 0.15) is 31.2 Å². The van der Waals surface area contributed by atoms with Gasteiger partial charge in [0.25, 0.3) is 5.91 Å². The molecule has 1 aromatic heterocycles. The molecule has 154 valence electrons. The summed E-state index contributed by atoms with van der Waals surface area (Å²) in [6, 6.07) is 12.9. The van der Waals surface area contributed by atoms with Gasteiger partial charge in [-0.1, -0.05) is 18.2 Å². The first kappa shape index (κ1) is 20.6. The third kappa shape index (κ3) is 4.46. The van der Waals surface area contributed by atoms with Gasteiger partial charge in [-0.2, -0.15) is 0 Å². The quantitative estimate of drug-likeness (QED) is 0.473. The lowest BCUT2D eigenvalue weighted by atomic mass is 10.1. The summed E-state index contributed by atoms with van der Waals surface area (Å²) in [5.41, 5.74) is 1.13. The maximum absolute atomic E-state index is 12.3. The van der Waals surface area contributed by atoms with Gasteiger partial charge in [0.05, 0.1) is 31.0 Å². The Morgan fingerprint density at radius 3 is 2.33 bits per heavy atom. The molecule has 3 rings (SSSR count). The average Bonchev–Trinajstić information content (AvgIpc) is 3.20. The standard InChI is InChI=1S/C21H18N2O7/c1-28-19(25)13-7-8-14(20(26)29-2)16(10-13)23-18(24)11-30-21(27)17-9-12-5-3-4-6-15(12)22-17/h3-10,22H,11H2,1-2H3,(H,23,24). The summed E-state index contributed by atoms with van der Waals surface area (Å²) in [6.07, 6.45) is 0. The van der Waals surface area contributed by atoms with E-state index in [1.165, 1.54) is 32.4 Å². The van der Waals surface area contributed by atoms with Crippen LogP contribution in [0.4, 0.5) is 5.69 Å². The van der Waals surface area contributed by atoms with E-state index in [1.54, 1.807) is 6.07 Å². The van der Waals surface area contributed by atoms with Gasteiger partial charge < -0.3 is 24.5 Å². The molecule has 0 aliphatic carbocycles. The molecule has 1 amide bonds. The number of aromatic amines is 1. The number of carbonyl (C=O) groups is 4. The SMILES string of the molecule is COC(=O)c1ccc(C(=O)OC)c(NC(=O)COC(=O)c2cc3ccccc3[nH]2)c1. The Labute approximate surface area is 170 Å². The van der Waals surface area contributed by atoms with Crippen molar-refractivity contribution in [3.63, 3.8) is 0 Å². The molecule has 0 saturated carbocycles. The number of hydrogen-bond acceptors (Lipinski definition) is 7. The minimum atomic E-state index is -0.711. The van der Waals surface area contributed by atoms with Gasteiger partial charge in [0.2, 0.25) is 0 Å². The zero-order valence-corrected chi connectivity index (χ0v) is 16.2. The second-order valence-corrected chi connectivity index (χ2v) is 6.14. The maximum Gasteiger partial charge on any atom is 0.355 e. The molecule has 1 heterocycles. The highest BCUT2D eigenvalue weighted by Crippen LogP contribution is 2.20. The topological polar surface area (TPSA) is 124 Å². The fourth-order valence-corrected chi connectivity index (χ4v) is 2.76. The van der Waals surface area contributed by atoms with Gasteiger partial charge in [-0.3, -0.25) is 4.79 Å². The van der Waals surface area contributed by atoms with Crippen LogP contribution in [0.5, 0.6) is 0 Å². The average molecular weight is 410 g/mol. The Balaban J connectivity index is 1.70.